The molecule has 1 atom stereocenters. The first-order chi connectivity index (χ1) is 8.68. The minimum Gasteiger partial charge on any atom is -0.312 e. The maximum atomic E-state index is 11.7. The molecule has 18 heavy (non-hydrogen) atoms. The zero-order valence-electron chi connectivity index (χ0n) is 11.3. The summed E-state index contributed by atoms with van der Waals surface area (Å²) < 4.78 is 0. The molecular weight excluding hydrogens is 228 g/mol. The van der Waals surface area contributed by atoms with Gasteiger partial charge < -0.3 is 5.32 Å². The van der Waals surface area contributed by atoms with Crippen LogP contribution in [0.3, 0.4) is 0 Å². The molecule has 1 saturated carbocycles. The summed E-state index contributed by atoms with van der Waals surface area (Å²) in [5, 5.41) is 3.50. The van der Waals surface area contributed by atoms with E-state index in [0.717, 1.165) is 6.54 Å². The highest BCUT2D eigenvalue weighted by Crippen LogP contribution is 2.19. The van der Waals surface area contributed by atoms with E-state index < -0.39 is 0 Å². The number of imide groups is 1. The SMILES string of the molecule is CC1CC(=O)N(CCNC2CCCCCC2)C1=O. The van der Waals surface area contributed by atoms with Gasteiger partial charge >= 0.3 is 0 Å². The molecule has 0 spiro atoms. The Morgan fingerprint density at radius 3 is 2.39 bits per heavy atom. The molecule has 1 aliphatic carbocycles. The van der Waals surface area contributed by atoms with E-state index >= 15 is 0 Å². The number of likely N-dealkylation sites (tertiary alicyclic amines) is 1. The second-order valence-corrected chi connectivity index (χ2v) is 5.63. The predicted molar refractivity (Wildman–Crippen MR) is 70.0 cm³/mol. The van der Waals surface area contributed by atoms with Gasteiger partial charge in [-0.25, -0.2) is 0 Å². The monoisotopic (exact) mass is 252 g/mol. The average Bonchev–Trinajstić information content (AvgIpc) is 2.57. The Bertz CT molecular complexity index is 309. The van der Waals surface area contributed by atoms with Crippen LogP contribution in [0.5, 0.6) is 0 Å². The lowest BCUT2D eigenvalue weighted by Crippen LogP contribution is -2.39. The number of rotatable bonds is 4. The first kappa shape index (κ1) is 13.5. The van der Waals surface area contributed by atoms with Crippen molar-refractivity contribution in [2.75, 3.05) is 13.1 Å². The Labute approximate surface area is 109 Å². The number of hydrogen-bond donors (Lipinski definition) is 1. The number of amides is 2. The van der Waals surface area contributed by atoms with Gasteiger partial charge in [0.15, 0.2) is 0 Å². The number of carbonyl (C=O) groups excluding carboxylic acids is 2. The number of hydrogen-bond acceptors (Lipinski definition) is 3. The molecule has 1 heterocycles. The summed E-state index contributed by atoms with van der Waals surface area (Å²) in [6.07, 6.45) is 8.16. The number of nitrogens with zero attached hydrogens (tertiary/aromatic N) is 1. The lowest BCUT2D eigenvalue weighted by atomic mass is 10.1. The van der Waals surface area contributed by atoms with Gasteiger partial charge in [-0.05, 0) is 12.8 Å². The van der Waals surface area contributed by atoms with Gasteiger partial charge in [-0.1, -0.05) is 32.6 Å². The Balaban J connectivity index is 1.71. The van der Waals surface area contributed by atoms with E-state index in [0.29, 0.717) is 19.0 Å². The van der Waals surface area contributed by atoms with E-state index in [1.807, 2.05) is 6.92 Å². The van der Waals surface area contributed by atoms with E-state index in [4.69, 9.17) is 0 Å². The van der Waals surface area contributed by atoms with E-state index in [1.165, 1.54) is 43.4 Å². The summed E-state index contributed by atoms with van der Waals surface area (Å²) in [5.74, 6) is -0.117. The second kappa shape index (κ2) is 6.32. The van der Waals surface area contributed by atoms with E-state index in [9.17, 15) is 9.59 Å². The van der Waals surface area contributed by atoms with E-state index in [-0.39, 0.29) is 17.7 Å². The molecule has 0 aromatic heterocycles. The largest absolute Gasteiger partial charge is 0.312 e. The minimum absolute atomic E-state index is 0.00247. The summed E-state index contributed by atoms with van der Waals surface area (Å²) in [6.45, 7) is 3.12. The Morgan fingerprint density at radius 1 is 1.17 bits per heavy atom. The molecule has 1 saturated heterocycles. The van der Waals surface area contributed by atoms with Crippen molar-refractivity contribution in [2.45, 2.75) is 57.9 Å². The predicted octanol–water partition coefficient (Wildman–Crippen LogP) is 1.69. The molecule has 4 nitrogen and oxygen atoms in total. The van der Waals surface area contributed by atoms with Gasteiger partial charge in [0, 0.05) is 31.5 Å². The molecule has 1 aliphatic heterocycles. The van der Waals surface area contributed by atoms with Gasteiger partial charge in [-0.2, -0.15) is 0 Å². The molecular formula is C14H24N2O2. The first-order valence-electron chi connectivity index (χ1n) is 7.26. The molecule has 2 aliphatic rings. The maximum Gasteiger partial charge on any atom is 0.232 e. The average molecular weight is 252 g/mol. The summed E-state index contributed by atoms with van der Waals surface area (Å²) >= 11 is 0. The standard InChI is InChI=1S/C14H24N2O2/c1-11-10-13(17)16(14(11)18)9-8-15-12-6-4-2-3-5-7-12/h11-12,15H,2-10H2,1H3. The topological polar surface area (TPSA) is 49.4 Å². The number of nitrogens with one attached hydrogen (secondary N) is 1. The summed E-state index contributed by atoms with van der Waals surface area (Å²) in [6, 6.07) is 0.581. The van der Waals surface area contributed by atoms with E-state index in [2.05, 4.69) is 5.32 Å². The van der Waals surface area contributed by atoms with Crippen molar-refractivity contribution in [3.63, 3.8) is 0 Å². The molecule has 2 rings (SSSR count). The van der Waals surface area contributed by atoms with Crippen molar-refractivity contribution in [1.82, 2.24) is 10.2 Å². The van der Waals surface area contributed by atoms with Gasteiger partial charge in [0.05, 0.1) is 0 Å². The highest BCUT2D eigenvalue weighted by atomic mass is 16.2. The maximum absolute atomic E-state index is 11.7. The van der Waals surface area contributed by atoms with Crippen LogP contribution < -0.4 is 5.32 Å². The van der Waals surface area contributed by atoms with E-state index in [1.54, 1.807) is 0 Å². The summed E-state index contributed by atoms with van der Waals surface area (Å²) in [4.78, 5) is 24.8. The van der Waals surface area contributed by atoms with Crippen LogP contribution in [-0.2, 0) is 9.59 Å². The van der Waals surface area contributed by atoms with Crippen LogP contribution in [0.25, 0.3) is 0 Å². The Morgan fingerprint density at radius 2 is 1.83 bits per heavy atom. The molecule has 1 N–H and O–H groups in total. The quantitative estimate of drug-likeness (QED) is 0.612. The van der Waals surface area contributed by atoms with Gasteiger partial charge in [0.1, 0.15) is 0 Å². The van der Waals surface area contributed by atoms with Crippen LogP contribution >= 0.6 is 0 Å². The first-order valence-corrected chi connectivity index (χ1v) is 7.26. The Kier molecular flexibility index (Phi) is 4.75. The van der Waals surface area contributed by atoms with Gasteiger partial charge in [0.25, 0.3) is 0 Å². The lowest BCUT2D eigenvalue weighted by molar-refractivity contribution is -0.139. The van der Waals surface area contributed by atoms with Gasteiger partial charge in [0.2, 0.25) is 11.8 Å². The van der Waals surface area contributed by atoms with Crippen molar-refractivity contribution < 1.29 is 9.59 Å². The fourth-order valence-corrected chi connectivity index (χ4v) is 2.95. The molecule has 0 bridgehead atoms. The molecule has 0 radical (unpaired) electrons. The molecule has 0 aromatic carbocycles. The molecule has 2 amide bonds. The fourth-order valence-electron chi connectivity index (χ4n) is 2.95. The summed E-state index contributed by atoms with van der Waals surface area (Å²) in [5.41, 5.74) is 0. The third-order valence-corrected chi connectivity index (χ3v) is 4.09. The minimum atomic E-state index is -0.115. The summed E-state index contributed by atoms with van der Waals surface area (Å²) in [7, 11) is 0. The van der Waals surface area contributed by atoms with Gasteiger partial charge in [-0.15, -0.1) is 0 Å². The lowest BCUT2D eigenvalue weighted by Gasteiger charge is -2.19. The molecule has 4 heteroatoms. The third-order valence-electron chi connectivity index (χ3n) is 4.09. The molecule has 102 valence electrons. The number of carbonyl (C=O) groups is 2. The van der Waals surface area contributed by atoms with Crippen LogP contribution in [-0.4, -0.2) is 35.8 Å². The van der Waals surface area contributed by atoms with Crippen molar-refractivity contribution in [1.29, 1.82) is 0 Å². The van der Waals surface area contributed by atoms with Crippen molar-refractivity contribution >= 4 is 11.8 Å². The van der Waals surface area contributed by atoms with Gasteiger partial charge in [-0.3, -0.25) is 14.5 Å². The third kappa shape index (κ3) is 3.31. The smallest absolute Gasteiger partial charge is 0.232 e. The van der Waals surface area contributed by atoms with Crippen molar-refractivity contribution in [3.05, 3.63) is 0 Å². The molecule has 0 aromatic rings. The van der Waals surface area contributed by atoms with Crippen LogP contribution in [0, 0.1) is 5.92 Å². The van der Waals surface area contributed by atoms with Crippen LogP contribution in [0.2, 0.25) is 0 Å². The normalized spacial score (nSPS) is 26.7. The highest BCUT2D eigenvalue weighted by Gasteiger charge is 2.34. The molecule has 2 fully saturated rings. The van der Waals surface area contributed by atoms with Crippen LogP contribution in [0.1, 0.15) is 51.9 Å². The van der Waals surface area contributed by atoms with Crippen molar-refractivity contribution in [2.24, 2.45) is 5.92 Å². The zero-order chi connectivity index (χ0) is 13.0. The Hall–Kier alpha value is -0.900. The van der Waals surface area contributed by atoms with Crippen LogP contribution in [0.4, 0.5) is 0 Å². The van der Waals surface area contributed by atoms with Crippen molar-refractivity contribution in [3.8, 4) is 0 Å². The fraction of sp³-hybridized carbons (Fsp3) is 0.857. The zero-order valence-corrected chi connectivity index (χ0v) is 11.3. The van der Waals surface area contributed by atoms with Crippen LogP contribution in [0.15, 0.2) is 0 Å². The second-order valence-electron chi connectivity index (χ2n) is 5.63. The highest BCUT2D eigenvalue weighted by molar-refractivity contribution is 6.03. The molecule has 1 unspecified atom stereocenters.